The smallest absolute Gasteiger partial charge is 0.323 e. The van der Waals surface area contributed by atoms with E-state index in [2.05, 4.69) is 10.3 Å². The number of amides is 2. The number of rotatable bonds is 3. The van der Waals surface area contributed by atoms with Crippen molar-refractivity contribution in [2.75, 3.05) is 18.4 Å². The van der Waals surface area contributed by atoms with E-state index in [0.29, 0.717) is 24.7 Å². The quantitative estimate of drug-likeness (QED) is 0.894. The third kappa shape index (κ3) is 3.32. The van der Waals surface area contributed by atoms with Crippen LogP contribution >= 0.6 is 0 Å². The van der Waals surface area contributed by atoms with Crippen LogP contribution in [0.3, 0.4) is 0 Å². The second-order valence-corrected chi connectivity index (χ2v) is 5.80. The van der Waals surface area contributed by atoms with Gasteiger partial charge in [-0.3, -0.25) is 10.1 Å². The van der Waals surface area contributed by atoms with Crippen molar-refractivity contribution in [3.05, 3.63) is 23.9 Å². The number of aliphatic carboxylic acids is 1. The van der Waals surface area contributed by atoms with Gasteiger partial charge < -0.3 is 10.0 Å². The monoisotopic (exact) mass is 289 g/mol. The van der Waals surface area contributed by atoms with Crippen LogP contribution in [0.25, 0.3) is 0 Å². The molecule has 6 nitrogen and oxygen atoms in total. The molecule has 1 aromatic heterocycles. The van der Waals surface area contributed by atoms with Crippen molar-refractivity contribution in [1.82, 2.24) is 9.88 Å². The summed E-state index contributed by atoms with van der Waals surface area (Å²) in [4.78, 5) is 29.0. The zero-order valence-corrected chi connectivity index (χ0v) is 11.8. The molecule has 1 saturated carbocycles. The predicted octanol–water partition coefficient (Wildman–Crippen LogP) is 2.29. The number of hydrogen-bond acceptors (Lipinski definition) is 3. The Kier molecular flexibility index (Phi) is 3.77. The summed E-state index contributed by atoms with van der Waals surface area (Å²) in [5.41, 5.74) is 1.21. The Labute approximate surface area is 123 Å². The van der Waals surface area contributed by atoms with Gasteiger partial charge in [-0.1, -0.05) is 0 Å². The molecule has 2 heterocycles. The second kappa shape index (κ2) is 5.71. The minimum Gasteiger partial charge on any atom is -0.481 e. The molecule has 1 unspecified atom stereocenters. The first-order chi connectivity index (χ1) is 10.1. The first-order valence-corrected chi connectivity index (χ1v) is 7.38. The van der Waals surface area contributed by atoms with E-state index in [1.54, 1.807) is 11.1 Å². The maximum atomic E-state index is 12.2. The molecule has 6 heteroatoms. The Balaban J connectivity index is 1.62. The topological polar surface area (TPSA) is 82.5 Å². The lowest BCUT2D eigenvalue weighted by molar-refractivity contribution is -0.143. The lowest BCUT2D eigenvalue weighted by atomic mass is 9.99. The average Bonchev–Trinajstić information content (AvgIpc) is 3.32. The molecule has 1 aliphatic heterocycles. The minimum atomic E-state index is -0.832. The van der Waals surface area contributed by atoms with Crippen LogP contribution in [0.15, 0.2) is 18.3 Å². The van der Waals surface area contributed by atoms with E-state index in [0.717, 1.165) is 6.42 Å². The number of piperidine rings is 1. The van der Waals surface area contributed by atoms with Gasteiger partial charge in [-0.2, -0.15) is 0 Å². The number of carbonyl (C=O) groups is 2. The van der Waals surface area contributed by atoms with Crippen LogP contribution in [-0.2, 0) is 4.79 Å². The summed E-state index contributed by atoms with van der Waals surface area (Å²) in [5.74, 6) is -0.145. The van der Waals surface area contributed by atoms with E-state index in [4.69, 9.17) is 5.11 Å². The molecule has 1 atom stereocenters. The number of anilines is 1. The molecule has 21 heavy (non-hydrogen) atoms. The van der Waals surface area contributed by atoms with Gasteiger partial charge >= 0.3 is 12.0 Å². The van der Waals surface area contributed by atoms with E-state index in [9.17, 15) is 9.59 Å². The molecular weight excluding hydrogens is 270 g/mol. The average molecular weight is 289 g/mol. The summed E-state index contributed by atoms with van der Waals surface area (Å²) in [5, 5.41) is 11.8. The number of urea groups is 1. The molecule has 1 aromatic rings. The van der Waals surface area contributed by atoms with Crippen LogP contribution in [0.4, 0.5) is 10.6 Å². The fourth-order valence-corrected chi connectivity index (χ4v) is 2.74. The van der Waals surface area contributed by atoms with Crippen LogP contribution in [0, 0.1) is 5.92 Å². The van der Waals surface area contributed by atoms with Crippen molar-refractivity contribution in [2.45, 2.75) is 31.6 Å². The number of nitrogens with zero attached hydrogens (tertiary/aromatic N) is 2. The normalized spacial score (nSPS) is 21.9. The number of carbonyl (C=O) groups excluding carboxylic acids is 1. The van der Waals surface area contributed by atoms with Crippen molar-refractivity contribution in [1.29, 1.82) is 0 Å². The minimum absolute atomic E-state index is 0.263. The van der Waals surface area contributed by atoms with E-state index < -0.39 is 11.9 Å². The molecule has 1 aliphatic carbocycles. The van der Waals surface area contributed by atoms with E-state index in [-0.39, 0.29) is 12.6 Å². The van der Waals surface area contributed by atoms with E-state index in [1.165, 1.54) is 18.4 Å². The molecule has 0 spiro atoms. The number of carboxylic acids is 1. The standard InChI is InChI=1S/C15H19N3O3/c19-14(20)12-2-1-7-18(9-12)15(21)17-13-8-11(5-6-16-13)10-3-4-10/h5-6,8,10,12H,1-4,7,9H2,(H,19,20)(H,16,17,21). The lowest BCUT2D eigenvalue weighted by Crippen LogP contribution is -2.44. The number of carboxylic acid groups (broad SMARTS) is 1. The Morgan fingerprint density at radius 1 is 1.33 bits per heavy atom. The van der Waals surface area contributed by atoms with Crippen molar-refractivity contribution in [3.63, 3.8) is 0 Å². The van der Waals surface area contributed by atoms with Gasteiger partial charge in [-0.05, 0) is 49.3 Å². The predicted molar refractivity (Wildman–Crippen MR) is 77.2 cm³/mol. The second-order valence-electron chi connectivity index (χ2n) is 5.80. The van der Waals surface area contributed by atoms with Gasteiger partial charge in [0.15, 0.2) is 0 Å². The number of nitrogens with one attached hydrogen (secondary N) is 1. The molecule has 2 aliphatic rings. The van der Waals surface area contributed by atoms with E-state index in [1.807, 2.05) is 12.1 Å². The largest absolute Gasteiger partial charge is 0.481 e. The Morgan fingerprint density at radius 2 is 2.14 bits per heavy atom. The van der Waals surface area contributed by atoms with Crippen molar-refractivity contribution < 1.29 is 14.7 Å². The van der Waals surface area contributed by atoms with Crippen molar-refractivity contribution in [3.8, 4) is 0 Å². The Hall–Kier alpha value is -2.11. The van der Waals surface area contributed by atoms with Gasteiger partial charge in [-0.15, -0.1) is 0 Å². The van der Waals surface area contributed by atoms with Gasteiger partial charge in [0.05, 0.1) is 5.92 Å². The first kappa shape index (κ1) is 13.9. The molecule has 112 valence electrons. The fourth-order valence-electron chi connectivity index (χ4n) is 2.74. The van der Waals surface area contributed by atoms with E-state index >= 15 is 0 Å². The van der Waals surface area contributed by atoms with Crippen molar-refractivity contribution in [2.24, 2.45) is 5.92 Å². The summed E-state index contributed by atoms with van der Waals surface area (Å²) < 4.78 is 0. The van der Waals surface area contributed by atoms with Gasteiger partial charge in [0, 0.05) is 19.3 Å². The number of hydrogen-bond donors (Lipinski definition) is 2. The maximum absolute atomic E-state index is 12.2. The summed E-state index contributed by atoms with van der Waals surface area (Å²) in [6.07, 6.45) is 5.46. The van der Waals surface area contributed by atoms with Gasteiger partial charge in [0.25, 0.3) is 0 Å². The molecule has 2 N–H and O–H groups in total. The molecule has 1 saturated heterocycles. The Morgan fingerprint density at radius 3 is 2.86 bits per heavy atom. The fraction of sp³-hybridized carbons (Fsp3) is 0.533. The van der Waals surface area contributed by atoms with Crippen LogP contribution in [-0.4, -0.2) is 40.1 Å². The van der Waals surface area contributed by atoms with Gasteiger partial charge in [0.2, 0.25) is 0 Å². The van der Waals surface area contributed by atoms with Crippen LogP contribution < -0.4 is 5.32 Å². The van der Waals surface area contributed by atoms with Gasteiger partial charge in [-0.25, -0.2) is 9.78 Å². The molecular formula is C15H19N3O3. The third-order valence-corrected chi connectivity index (χ3v) is 4.13. The van der Waals surface area contributed by atoms with Crippen LogP contribution in [0.2, 0.25) is 0 Å². The van der Waals surface area contributed by atoms with Crippen LogP contribution in [0.1, 0.15) is 37.2 Å². The summed E-state index contributed by atoms with van der Waals surface area (Å²) in [7, 11) is 0. The number of aromatic nitrogens is 1. The highest BCUT2D eigenvalue weighted by atomic mass is 16.4. The summed E-state index contributed by atoms with van der Waals surface area (Å²) >= 11 is 0. The zero-order valence-electron chi connectivity index (χ0n) is 11.8. The van der Waals surface area contributed by atoms with Crippen molar-refractivity contribution >= 4 is 17.8 Å². The highest BCUT2D eigenvalue weighted by Crippen LogP contribution is 2.40. The molecule has 0 aromatic carbocycles. The molecule has 2 fully saturated rings. The highest BCUT2D eigenvalue weighted by molar-refractivity contribution is 5.88. The van der Waals surface area contributed by atoms with Gasteiger partial charge in [0.1, 0.15) is 5.82 Å². The number of likely N-dealkylation sites (tertiary alicyclic amines) is 1. The molecule has 0 bridgehead atoms. The summed E-state index contributed by atoms with van der Waals surface area (Å²) in [6, 6.07) is 3.63. The lowest BCUT2D eigenvalue weighted by Gasteiger charge is -2.30. The first-order valence-electron chi connectivity index (χ1n) is 7.38. The Bertz CT molecular complexity index is 557. The van der Waals surface area contributed by atoms with Crippen LogP contribution in [0.5, 0.6) is 0 Å². The molecule has 3 rings (SSSR count). The SMILES string of the molecule is O=C(O)C1CCCN(C(=O)Nc2cc(C3CC3)ccn2)C1. The zero-order chi connectivity index (χ0) is 14.8. The number of pyridine rings is 1. The molecule has 2 amide bonds. The summed E-state index contributed by atoms with van der Waals surface area (Å²) in [6.45, 7) is 0.863. The highest BCUT2D eigenvalue weighted by Gasteiger charge is 2.28. The maximum Gasteiger partial charge on any atom is 0.323 e. The molecule has 0 radical (unpaired) electrons. The third-order valence-electron chi connectivity index (χ3n) is 4.13.